The summed E-state index contributed by atoms with van der Waals surface area (Å²) in [4.78, 5) is 41.3. The van der Waals surface area contributed by atoms with Gasteiger partial charge in [0.25, 0.3) is 17.4 Å². The maximum absolute atomic E-state index is 13.3. The largest absolute Gasteiger partial charge is 0.324 e. The number of hydrogen-bond acceptors (Lipinski definition) is 9. The number of aromatic amines is 1. The molecule has 0 fully saturated rings. The average molecular weight is 476 g/mol. The van der Waals surface area contributed by atoms with Crippen LogP contribution in [0.25, 0.3) is 16.9 Å². The Bertz CT molecular complexity index is 1670. The Morgan fingerprint density at radius 2 is 1.81 bits per heavy atom. The van der Waals surface area contributed by atoms with Crippen molar-refractivity contribution in [2.45, 2.75) is 6.04 Å². The van der Waals surface area contributed by atoms with Crippen molar-refractivity contribution in [1.82, 2.24) is 29.7 Å². The highest BCUT2D eigenvalue weighted by Gasteiger charge is 2.25. The molecular formula is C24H16N10O2. The molecule has 5 rings (SSSR count). The number of fused-ring (bicyclic) bond motifs is 1. The summed E-state index contributed by atoms with van der Waals surface area (Å²) in [6.07, 6.45) is 4.31. The number of H-pyrrole nitrogens is 1. The first-order valence-corrected chi connectivity index (χ1v) is 10.7. The minimum Gasteiger partial charge on any atom is -0.324 e. The molecule has 0 spiro atoms. The molecule has 12 nitrogen and oxygen atoms in total. The van der Waals surface area contributed by atoms with E-state index >= 15 is 0 Å². The normalized spacial score (nSPS) is 11.9. The summed E-state index contributed by atoms with van der Waals surface area (Å²) in [5.41, 5.74) is 0.577. The number of nitrogens with zero attached hydrogens (tertiary/aromatic N) is 8. The van der Waals surface area contributed by atoms with Crippen LogP contribution in [0.3, 0.4) is 0 Å². The highest BCUT2D eigenvalue weighted by Crippen LogP contribution is 2.25. The highest BCUT2D eigenvalue weighted by molar-refractivity contribution is 5.95. The fourth-order valence-electron chi connectivity index (χ4n) is 3.37. The predicted molar refractivity (Wildman–Crippen MR) is 129 cm³/mol. The number of para-hydroxylation sites is 2. The molecule has 174 valence electrons. The topological polar surface area (TPSA) is 167 Å². The van der Waals surface area contributed by atoms with E-state index in [2.05, 4.69) is 40.6 Å². The minimum atomic E-state index is -1.35. The number of nitriles is 1. The van der Waals surface area contributed by atoms with E-state index in [0.29, 0.717) is 16.6 Å². The zero-order valence-corrected chi connectivity index (χ0v) is 18.5. The molecule has 1 unspecified atom stereocenters. The third-order valence-corrected chi connectivity index (χ3v) is 5.05. The molecular weight excluding hydrogens is 460 g/mol. The first-order valence-electron chi connectivity index (χ1n) is 10.7. The molecule has 5 aromatic rings. The van der Waals surface area contributed by atoms with E-state index in [9.17, 15) is 14.9 Å². The number of anilines is 1. The molecule has 3 heterocycles. The highest BCUT2D eigenvalue weighted by atomic mass is 16.2. The minimum absolute atomic E-state index is 0.0172. The van der Waals surface area contributed by atoms with Gasteiger partial charge in [0.05, 0.1) is 17.1 Å². The smallest absolute Gasteiger partial charge is 0.258 e. The monoisotopic (exact) mass is 476 g/mol. The molecule has 1 atom stereocenters. The summed E-state index contributed by atoms with van der Waals surface area (Å²) in [6.45, 7) is 0. The van der Waals surface area contributed by atoms with Gasteiger partial charge >= 0.3 is 0 Å². The summed E-state index contributed by atoms with van der Waals surface area (Å²) in [6, 6.07) is 17.8. The Kier molecular flexibility index (Phi) is 6.01. The molecule has 2 N–H and O–H groups in total. The van der Waals surface area contributed by atoms with E-state index in [1.807, 2.05) is 12.1 Å². The van der Waals surface area contributed by atoms with Crippen LogP contribution >= 0.6 is 0 Å². The lowest BCUT2D eigenvalue weighted by atomic mass is 10.2. The van der Waals surface area contributed by atoms with Crippen molar-refractivity contribution in [1.29, 1.82) is 5.26 Å². The fourth-order valence-corrected chi connectivity index (χ4v) is 3.37. The van der Waals surface area contributed by atoms with Gasteiger partial charge in [-0.3, -0.25) is 9.59 Å². The van der Waals surface area contributed by atoms with Gasteiger partial charge in [-0.2, -0.15) is 20.2 Å². The zero-order valence-electron chi connectivity index (χ0n) is 18.5. The maximum atomic E-state index is 13.3. The van der Waals surface area contributed by atoms with Crippen LogP contribution < -0.4 is 10.9 Å². The van der Waals surface area contributed by atoms with Crippen molar-refractivity contribution >= 4 is 28.3 Å². The van der Waals surface area contributed by atoms with Crippen LogP contribution in [0.15, 0.2) is 94.3 Å². The van der Waals surface area contributed by atoms with Crippen LogP contribution in [0.5, 0.6) is 0 Å². The molecule has 0 saturated carbocycles. The van der Waals surface area contributed by atoms with Crippen molar-refractivity contribution in [3.63, 3.8) is 0 Å². The molecule has 0 radical (unpaired) electrons. The van der Waals surface area contributed by atoms with Gasteiger partial charge in [0.15, 0.2) is 5.82 Å². The van der Waals surface area contributed by atoms with Gasteiger partial charge < -0.3 is 10.3 Å². The second kappa shape index (κ2) is 9.74. The number of aromatic nitrogens is 6. The van der Waals surface area contributed by atoms with Gasteiger partial charge in [-0.25, -0.2) is 15.0 Å². The summed E-state index contributed by atoms with van der Waals surface area (Å²) in [5.74, 6) is -0.430. The van der Waals surface area contributed by atoms with E-state index in [4.69, 9.17) is 0 Å². The second-order valence-corrected chi connectivity index (χ2v) is 7.40. The second-order valence-electron chi connectivity index (χ2n) is 7.40. The third-order valence-electron chi connectivity index (χ3n) is 5.05. The van der Waals surface area contributed by atoms with Gasteiger partial charge in [0, 0.05) is 18.1 Å². The lowest BCUT2D eigenvalue weighted by Gasteiger charge is -2.12. The lowest BCUT2D eigenvalue weighted by Crippen LogP contribution is -2.24. The van der Waals surface area contributed by atoms with Gasteiger partial charge in [-0.05, 0) is 30.3 Å². The molecule has 0 aliphatic heterocycles. The number of carbonyl (C=O) groups excluding carboxylic acids is 1. The standard InChI is InChI=1S/C24H16N10O2/c25-13-15-14-28-34(24-26-11-6-12-27-24)21(15)33-32-19(23(36)29-16-7-2-1-3-8-16)20-30-18-10-5-4-9-17(18)22(35)31-20/h1-12,14,19H,(H,29,36)(H,30,31,35). The van der Waals surface area contributed by atoms with Gasteiger partial charge in [-0.1, -0.05) is 30.3 Å². The summed E-state index contributed by atoms with van der Waals surface area (Å²) >= 11 is 0. The Balaban J connectivity index is 1.60. The average Bonchev–Trinajstić information content (AvgIpc) is 3.33. The first kappa shape index (κ1) is 22.2. The van der Waals surface area contributed by atoms with Crippen molar-refractivity contribution < 1.29 is 4.79 Å². The van der Waals surface area contributed by atoms with Crippen LogP contribution in [-0.4, -0.2) is 35.6 Å². The van der Waals surface area contributed by atoms with E-state index < -0.39 is 17.5 Å². The number of carbonyl (C=O) groups is 1. The zero-order chi connectivity index (χ0) is 24.9. The molecule has 36 heavy (non-hydrogen) atoms. The Hall–Kier alpha value is -5.57. The third kappa shape index (κ3) is 4.44. The predicted octanol–water partition coefficient (Wildman–Crippen LogP) is 3.23. The van der Waals surface area contributed by atoms with E-state index in [1.165, 1.54) is 23.3 Å². The molecule has 0 aliphatic carbocycles. The molecule has 0 saturated heterocycles. The van der Waals surface area contributed by atoms with E-state index in [0.717, 1.165) is 0 Å². The van der Waals surface area contributed by atoms with Crippen LogP contribution in [0, 0.1) is 11.3 Å². The Morgan fingerprint density at radius 3 is 2.58 bits per heavy atom. The van der Waals surface area contributed by atoms with Gasteiger partial charge in [0.1, 0.15) is 17.5 Å². The lowest BCUT2D eigenvalue weighted by molar-refractivity contribution is -0.117. The summed E-state index contributed by atoms with van der Waals surface area (Å²) in [7, 11) is 0. The van der Waals surface area contributed by atoms with Crippen LogP contribution in [0.1, 0.15) is 17.4 Å². The van der Waals surface area contributed by atoms with Crippen LogP contribution in [-0.2, 0) is 4.79 Å². The summed E-state index contributed by atoms with van der Waals surface area (Å²) in [5, 5.41) is 25.1. The molecule has 1 amide bonds. The molecule has 0 aliphatic rings. The number of hydrogen-bond donors (Lipinski definition) is 2. The van der Waals surface area contributed by atoms with Crippen molar-refractivity contribution in [2.24, 2.45) is 10.2 Å². The van der Waals surface area contributed by atoms with Crippen molar-refractivity contribution in [2.75, 3.05) is 5.32 Å². The molecule has 12 heteroatoms. The number of amides is 1. The van der Waals surface area contributed by atoms with Gasteiger partial charge in [0.2, 0.25) is 6.04 Å². The van der Waals surface area contributed by atoms with E-state index in [1.54, 1.807) is 54.6 Å². The number of nitrogens with one attached hydrogen (secondary N) is 2. The van der Waals surface area contributed by atoms with Crippen molar-refractivity contribution in [3.8, 4) is 12.0 Å². The van der Waals surface area contributed by atoms with Gasteiger partial charge in [-0.15, -0.1) is 5.11 Å². The number of rotatable bonds is 6. The van der Waals surface area contributed by atoms with Crippen LogP contribution in [0.4, 0.5) is 11.5 Å². The fraction of sp³-hybridized carbons (Fsp3) is 0.0417. The number of azo groups is 1. The maximum Gasteiger partial charge on any atom is 0.258 e. The van der Waals surface area contributed by atoms with Crippen molar-refractivity contribution in [3.05, 3.63) is 101 Å². The Labute approximate surface area is 203 Å². The summed E-state index contributed by atoms with van der Waals surface area (Å²) < 4.78 is 1.23. The molecule has 0 bridgehead atoms. The quantitative estimate of drug-likeness (QED) is 0.355. The number of benzene rings is 2. The SMILES string of the molecule is N#Cc1cnn(-c2ncccn2)c1N=NC(C(=O)Nc1ccccc1)c1nc2ccccc2c(=O)[nH]1. The molecule has 3 aromatic heterocycles. The first-order chi connectivity index (χ1) is 17.6. The van der Waals surface area contributed by atoms with Crippen LogP contribution in [0.2, 0.25) is 0 Å². The van der Waals surface area contributed by atoms with E-state index in [-0.39, 0.29) is 23.2 Å². The molecule has 2 aromatic carbocycles. The Morgan fingerprint density at radius 1 is 1.06 bits per heavy atom.